The standard InChI is InChI=1S/C12H28N2/c1-7-9-12(14(5)6)11(8-2)10-13(3)4/h11-12H,7-10H2,1-6H3/p+2/t11-,12+/m0/s1. The molecule has 0 aliphatic rings. The summed E-state index contributed by atoms with van der Waals surface area (Å²) in [6, 6.07) is 0.847. The van der Waals surface area contributed by atoms with Crippen LogP contribution in [0.3, 0.4) is 0 Å². The number of nitrogens with one attached hydrogen (secondary N) is 2. The maximum atomic E-state index is 2.33. The number of hydrogen-bond donors (Lipinski definition) is 2. The summed E-state index contributed by atoms with van der Waals surface area (Å²) in [5, 5.41) is 0. The summed E-state index contributed by atoms with van der Waals surface area (Å²) in [7, 11) is 9.12. The van der Waals surface area contributed by atoms with Gasteiger partial charge in [-0.1, -0.05) is 20.3 Å². The van der Waals surface area contributed by atoms with Crippen LogP contribution < -0.4 is 9.80 Å². The molecule has 2 N–H and O–H groups in total. The highest BCUT2D eigenvalue weighted by atomic mass is 15.1. The van der Waals surface area contributed by atoms with Crippen molar-refractivity contribution < 1.29 is 9.80 Å². The predicted molar refractivity (Wildman–Crippen MR) is 63.0 cm³/mol. The molecule has 0 fully saturated rings. The Labute approximate surface area is 90.3 Å². The van der Waals surface area contributed by atoms with Gasteiger partial charge in [0.05, 0.1) is 46.7 Å². The zero-order valence-corrected chi connectivity index (χ0v) is 11.0. The van der Waals surface area contributed by atoms with E-state index in [9.17, 15) is 0 Å². The molecule has 0 aromatic rings. The largest absolute Gasteiger partial charge is 0.339 e. The van der Waals surface area contributed by atoms with Crippen molar-refractivity contribution in [1.29, 1.82) is 0 Å². The Morgan fingerprint density at radius 3 is 1.86 bits per heavy atom. The summed E-state index contributed by atoms with van der Waals surface area (Å²) in [6.45, 7) is 5.94. The van der Waals surface area contributed by atoms with Crippen molar-refractivity contribution in [3.8, 4) is 0 Å². The highest BCUT2D eigenvalue weighted by Crippen LogP contribution is 2.09. The normalized spacial score (nSPS) is 16.3. The number of quaternary nitrogens is 2. The Balaban J connectivity index is 4.25. The minimum atomic E-state index is 0.847. The molecule has 0 bridgehead atoms. The zero-order chi connectivity index (χ0) is 11.1. The van der Waals surface area contributed by atoms with Crippen molar-refractivity contribution in [3.63, 3.8) is 0 Å². The minimum absolute atomic E-state index is 0.847. The molecule has 0 saturated heterocycles. The number of hydrogen-bond acceptors (Lipinski definition) is 0. The first-order chi connectivity index (χ1) is 6.52. The van der Waals surface area contributed by atoms with Crippen molar-refractivity contribution in [2.75, 3.05) is 34.7 Å². The fraction of sp³-hybridized carbons (Fsp3) is 1.00. The zero-order valence-electron chi connectivity index (χ0n) is 11.0. The van der Waals surface area contributed by atoms with Gasteiger partial charge in [0.25, 0.3) is 0 Å². The van der Waals surface area contributed by atoms with Crippen LogP contribution in [0.25, 0.3) is 0 Å². The van der Waals surface area contributed by atoms with E-state index in [1.54, 1.807) is 9.80 Å². The minimum Gasteiger partial charge on any atom is -0.339 e. The van der Waals surface area contributed by atoms with E-state index in [1.165, 1.54) is 25.8 Å². The molecule has 0 amide bonds. The highest BCUT2D eigenvalue weighted by Gasteiger charge is 2.26. The second kappa shape index (κ2) is 7.24. The summed E-state index contributed by atoms with van der Waals surface area (Å²) < 4.78 is 0. The third-order valence-electron chi connectivity index (χ3n) is 3.11. The number of rotatable bonds is 7. The summed E-state index contributed by atoms with van der Waals surface area (Å²) in [4.78, 5) is 3.21. The molecule has 2 nitrogen and oxygen atoms in total. The van der Waals surface area contributed by atoms with Crippen molar-refractivity contribution in [3.05, 3.63) is 0 Å². The summed E-state index contributed by atoms with van der Waals surface area (Å²) in [6.07, 6.45) is 4.00. The molecule has 0 aliphatic heterocycles. The van der Waals surface area contributed by atoms with Gasteiger partial charge in [-0.05, 0) is 12.8 Å². The third-order valence-corrected chi connectivity index (χ3v) is 3.11. The lowest BCUT2D eigenvalue weighted by Crippen LogP contribution is -3.13. The molecule has 2 atom stereocenters. The lowest BCUT2D eigenvalue weighted by molar-refractivity contribution is -0.905. The second-order valence-electron chi connectivity index (χ2n) is 5.05. The Morgan fingerprint density at radius 1 is 1.00 bits per heavy atom. The molecular weight excluding hydrogens is 172 g/mol. The molecule has 0 heterocycles. The Bertz CT molecular complexity index is 132. The molecule has 0 aromatic carbocycles. The van der Waals surface area contributed by atoms with Crippen LogP contribution in [0.2, 0.25) is 0 Å². The van der Waals surface area contributed by atoms with Crippen LogP contribution in [0.4, 0.5) is 0 Å². The second-order valence-corrected chi connectivity index (χ2v) is 5.05. The molecular formula is C12H30N2+2. The van der Waals surface area contributed by atoms with Crippen LogP contribution >= 0.6 is 0 Å². The van der Waals surface area contributed by atoms with Gasteiger partial charge in [0.2, 0.25) is 0 Å². The molecule has 0 rings (SSSR count). The average molecular weight is 202 g/mol. The van der Waals surface area contributed by atoms with E-state index in [0.717, 1.165) is 12.0 Å². The summed E-state index contributed by atoms with van der Waals surface area (Å²) >= 11 is 0. The molecule has 2 heteroatoms. The van der Waals surface area contributed by atoms with E-state index in [4.69, 9.17) is 0 Å². The molecule has 0 aromatic heterocycles. The lowest BCUT2D eigenvalue weighted by Gasteiger charge is -2.29. The molecule has 0 saturated carbocycles. The van der Waals surface area contributed by atoms with E-state index in [-0.39, 0.29) is 0 Å². The van der Waals surface area contributed by atoms with E-state index in [2.05, 4.69) is 42.0 Å². The molecule has 14 heavy (non-hydrogen) atoms. The van der Waals surface area contributed by atoms with Crippen LogP contribution in [0, 0.1) is 5.92 Å². The van der Waals surface area contributed by atoms with Gasteiger partial charge in [-0.25, -0.2) is 0 Å². The van der Waals surface area contributed by atoms with Crippen LogP contribution in [-0.4, -0.2) is 40.8 Å². The SMILES string of the molecule is CCC[C@H]([C@@H](CC)C[NH+](C)C)[NH+](C)C. The van der Waals surface area contributed by atoms with E-state index < -0.39 is 0 Å². The lowest BCUT2D eigenvalue weighted by atomic mass is 9.92. The summed E-state index contributed by atoms with van der Waals surface area (Å²) in [5.74, 6) is 0.880. The maximum absolute atomic E-state index is 2.33. The fourth-order valence-electron chi connectivity index (χ4n) is 2.40. The Hall–Kier alpha value is -0.0800. The van der Waals surface area contributed by atoms with Gasteiger partial charge in [-0.15, -0.1) is 0 Å². The monoisotopic (exact) mass is 202 g/mol. The van der Waals surface area contributed by atoms with Crippen LogP contribution in [0.5, 0.6) is 0 Å². The van der Waals surface area contributed by atoms with Crippen LogP contribution in [0.1, 0.15) is 33.1 Å². The van der Waals surface area contributed by atoms with E-state index in [1.807, 2.05) is 0 Å². The molecule has 0 unspecified atom stereocenters. The van der Waals surface area contributed by atoms with Crippen LogP contribution in [-0.2, 0) is 0 Å². The topological polar surface area (TPSA) is 8.88 Å². The van der Waals surface area contributed by atoms with Crippen LogP contribution in [0.15, 0.2) is 0 Å². The first-order valence-corrected chi connectivity index (χ1v) is 6.11. The molecule has 0 radical (unpaired) electrons. The smallest absolute Gasteiger partial charge is 0.0953 e. The molecule has 0 aliphatic carbocycles. The fourth-order valence-corrected chi connectivity index (χ4v) is 2.40. The predicted octanol–water partition coefficient (Wildman–Crippen LogP) is -0.530. The molecule has 86 valence electrons. The van der Waals surface area contributed by atoms with Crippen molar-refractivity contribution in [2.24, 2.45) is 5.92 Å². The van der Waals surface area contributed by atoms with Gasteiger partial charge in [0.1, 0.15) is 0 Å². The van der Waals surface area contributed by atoms with E-state index in [0.29, 0.717) is 0 Å². The van der Waals surface area contributed by atoms with Gasteiger partial charge in [0.15, 0.2) is 0 Å². The Morgan fingerprint density at radius 2 is 1.57 bits per heavy atom. The maximum Gasteiger partial charge on any atom is 0.0953 e. The van der Waals surface area contributed by atoms with E-state index >= 15 is 0 Å². The van der Waals surface area contributed by atoms with Gasteiger partial charge in [0, 0.05) is 0 Å². The van der Waals surface area contributed by atoms with Gasteiger partial charge in [-0.3, -0.25) is 0 Å². The Kier molecular flexibility index (Phi) is 7.20. The van der Waals surface area contributed by atoms with Crippen molar-refractivity contribution in [1.82, 2.24) is 0 Å². The van der Waals surface area contributed by atoms with Crippen molar-refractivity contribution in [2.45, 2.75) is 39.2 Å². The molecule has 0 spiro atoms. The summed E-state index contributed by atoms with van der Waals surface area (Å²) in [5.41, 5.74) is 0. The first-order valence-electron chi connectivity index (χ1n) is 6.11. The van der Waals surface area contributed by atoms with Gasteiger partial charge in [-0.2, -0.15) is 0 Å². The van der Waals surface area contributed by atoms with Gasteiger partial charge >= 0.3 is 0 Å². The van der Waals surface area contributed by atoms with Crippen molar-refractivity contribution >= 4 is 0 Å². The quantitative estimate of drug-likeness (QED) is 0.549. The first kappa shape index (κ1) is 13.9. The highest BCUT2D eigenvalue weighted by molar-refractivity contribution is 4.66. The van der Waals surface area contributed by atoms with Gasteiger partial charge < -0.3 is 9.80 Å². The average Bonchev–Trinajstić information content (AvgIpc) is 2.10. The third kappa shape index (κ3) is 4.97.